The lowest BCUT2D eigenvalue weighted by Crippen LogP contribution is -2.55. The first-order valence-electron chi connectivity index (χ1n) is 33.4. The van der Waals surface area contributed by atoms with Gasteiger partial charge >= 0.3 is 12.1 Å². The standard InChI is InChI=1S/C72H103N9O15/c1-15-45(8)65(58(94-13)40-62(87)80-36-20-24-55(80)67(95-14)46(9)68(89)75-47(10)66(88)50-21-17-16-18-22-50)78(11)70(91)54(42(2)3)39-57(83)64(44(6)7)79(12)72(93)96-41-49-25-29-52(30-26-49)76-69(90)51(23-19-35-74-71(73)92)38-56(82)63(43(4)5)77-59(84)37-48-27-31-53(32-28-48)81-60(85)33-34-61(81)86/h16-18,21-22,25-34,42-47,51,54-55,58,63-67,88H,15,19-20,23-24,35-41H2,1-14H3,(H,75,89)(H,76,90)(H,77,84)(H3,73,74,92)/t45-,46+,47+,51+,54-,55-,58+,63?,64-,65?,66+,67+/m0/s1. The number of ketones is 2. The number of imide groups is 1. The van der Waals surface area contributed by atoms with Gasteiger partial charge in [0.05, 0.1) is 73.0 Å². The molecule has 5 rings (SSSR count). The molecule has 0 aromatic heterocycles. The summed E-state index contributed by atoms with van der Waals surface area (Å²) < 4.78 is 17.8. The second-order valence-corrected chi connectivity index (χ2v) is 26.6. The van der Waals surface area contributed by atoms with Gasteiger partial charge in [-0.25, -0.2) is 14.5 Å². The number of nitrogens with zero attached hydrogens (tertiary/aromatic N) is 4. The van der Waals surface area contributed by atoms with E-state index in [-0.39, 0.29) is 98.2 Å². The first-order valence-corrected chi connectivity index (χ1v) is 33.4. The molecule has 0 bridgehead atoms. The fraction of sp³-hybridized carbons (Fsp3) is 0.569. The van der Waals surface area contributed by atoms with Crippen molar-refractivity contribution in [1.29, 1.82) is 0 Å². The minimum atomic E-state index is -0.976. The minimum absolute atomic E-state index is 0.0726. The first kappa shape index (κ1) is 78.3. The largest absolute Gasteiger partial charge is 0.445 e. The van der Waals surface area contributed by atoms with Gasteiger partial charge in [0, 0.05) is 83.9 Å². The van der Waals surface area contributed by atoms with Gasteiger partial charge in [0.15, 0.2) is 11.6 Å². The number of ether oxygens (including phenoxy) is 3. The molecule has 24 heteroatoms. The van der Waals surface area contributed by atoms with Crippen molar-refractivity contribution < 1.29 is 72.1 Å². The summed E-state index contributed by atoms with van der Waals surface area (Å²) in [5, 5.41) is 22.1. The topological polar surface area (TPSA) is 323 Å². The highest BCUT2D eigenvalue weighted by atomic mass is 16.6. The number of carbonyl (C=O) groups excluding carboxylic acids is 11. The van der Waals surface area contributed by atoms with Crippen molar-refractivity contribution in [2.24, 2.45) is 47.2 Å². The average Bonchev–Trinajstić information content (AvgIpc) is 1.52. The Bertz CT molecular complexity index is 3160. The maximum atomic E-state index is 14.9. The molecule has 0 radical (unpaired) electrons. The van der Waals surface area contributed by atoms with Crippen LogP contribution in [0.2, 0.25) is 0 Å². The van der Waals surface area contributed by atoms with Gasteiger partial charge in [-0.05, 0) is 97.2 Å². The Kier molecular flexibility index (Phi) is 30.4. The van der Waals surface area contributed by atoms with Crippen LogP contribution in [-0.4, -0.2) is 169 Å². The van der Waals surface area contributed by atoms with Crippen LogP contribution in [0.15, 0.2) is 91.0 Å². The van der Waals surface area contributed by atoms with E-state index < -0.39 is 102 Å². The number of amides is 10. The van der Waals surface area contributed by atoms with E-state index in [1.54, 1.807) is 119 Å². The number of nitrogens with one attached hydrogen (secondary N) is 4. The molecule has 2 aliphatic rings. The third kappa shape index (κ3) is 21.6. The lowest BCUT2D eigenvalue weighted by atomic mass is 9.83. The number of primary amides is 1. The maximum Gasteiger partial charge on any atom is 0.410 e. The molecule has 0 aliphatic carbocycles. The molecule has 526 valence electrons. The number of hydrogen-bond acceptors (Lipinski definition) is 15. The Morgan fingerprint density at radius 1 is 0.719 bits per heavy atom. The van der Waals surface area contributed by atoms with Crippen LogP contribution in [-0.2, 0) is 70.4 Å². The maximum absolute atomic E-state index is 14.9. The third-order valence-electron chi connectivity index (χ3n) is 18.6. The van der Waals surface area contributed by atoms with Crippen molar-refractivity contribution in [2.75, 3.05) is 51.6 Å². The molecular weight excluding hydrogens is 1230 g/mol. The summed E-state index contributed by atoms with van der Waals surface area (Å²) in [4.78, 5) is 154. The number of aliphatic hydroxyl groups excluding tert-OH is 1. The summed E-state index contributed by atoms with van der Waals surface area (Å²) in [6, 6.07) is 17.6. The molecule has 0 spiro atoms. The molecule has 24 nitrogen and oxygen atoms in total. The molecule has 1 saturated heterocycles. The molecule has 10 amide bonds. The Balaban J connectivity index is 1.19. The smallest absolute Gasteiger partial charge is 0.410 e. The number of likely N-dealkylation sites (tertiary alicyclic amines) is 1. The normalized spacial score (nSPS) is 17.3. The van der Waals surface area contributed by atoms with E-state index in [1.165, 1.54) is 38.3 Å². The number of carbonyl (C=O) groups is 11. The van der Waals surface area contributed by atoms with Crippen LogP contribution in [0, 0.1) is 41.4 Å². The highest BCUT2D eigenvalue weighted by molar-refractivity contribution is 6.28. The monoisotopic (exact) mass is 1330 g/mol. The summed E-state index contributed by atoms with van der Waals surface area (Å²) in [5.41, 5.74) is 7.78. The first-order chi connectivity index (χ1) is 45.4. The van der Waals surface area contributed by atoms with Gasteiger partial charge in [0.1, 0.15) is 6.61 Å². The van der Waals surface area contributed by atoms with Crippen LogP contribution in [0.5, 0.6) is 0 Å². The molecule has 2 heterocycles. The third-order valence-corrected chi connectivity index (χ3v) is 18.6. The Morgan fingerprint density at radius 2 is 1.34 bits per heavy atom. The molecular formula is C72H103N9O15. The summed E-state index contributed by atoms with van der Waals surface area (Å²) in [7, 11) is 6.18. The zero-order valence-electron chi connectivity index (χ0n) is 58.3. The van der Waals surface area contributed by atoms with E-state index in [1.807, 2.05) is 45.9 Å². The Morgan fingerprint density at radius 3 is 1.91 bits per heavy atom. The molecule has 0 saturated carbocycles. The van der Waals surface area contributed by atoms with Gasteiger partial charge in [-0.1, -0.05) is 123 Å². The number of likely N-dealkylation sites (N-methyl/N-ethyl adjacent to an activating group) is 2. The van der Waals surface area contributed by atoms with Crippen LogP contribution in [0.1, 0.15) is 143 Å². The van der Waals surface area contributed by atoms with Gasteiger partial charge in [0.2, 0.25) is 29.5 Å². The number of nitrogens with two attached hydrogens (primary N) is 1. The number of Topliss-reactive ketones (excluding diaryl/α,β-unsaturated/α-hetero) is 2. The molecule has 2 unspecified atom stereocenters. The lowest BCUT2D eigenvalue weighted by molar-refractivity contribution is -0.149. The average molecular weight is 1330 g/mol. The van der Waals surface area contributed by atoms with Gasteiger partial charge in [-0.3, -0.25) is 43.2 Å². The number of anilines is 2. The quantitative estimate of drug-likeness (QED) is 0.0241. The number of methoxy groups -OCH3 is 2. The summed E-state index contributed by atoms with van der Waals surface area (Å²) in [6.45, 7) is 18.7. The summed E-state index contributed by atoms with van der Waals surface area (Å²) >= 11 is 0. The van der Waals surface area contributed by atoms with E-state index in [0.29, 0.717) is 60.3 Å². The highest BCUT2D eigenvalue weighted by Crippen LogP contribution is 2.32. The molecule has 12 atom stereocenters. The van der Waals surface area contributed by atoms with Crippen molar-refractivity contribution in [3.8, 4) is 0 Å². The van der Waals surface area contributed by atoms with Crippen molar-refractivity contribution in [1.82, 2.24) is 30.7 Å². The molecule has 1 fully saturated rings. The Labute approximate surface area is 565 Å². The van der Waals surface area contributed by atoms with E-state index >= 15 is 0 Å². The number of aliphatic hydroxyl groups is 1. The number of urea groups is 1. The van der Waals surface area contributed by atoms with Crippen molar-refractivity contribution in [3.63, 3.8) is 0 Å². The molecule has 96 heavy (non-hydrogen) atoms. The summed E-state index contributed by atoms with van der Waals surface area (Å²) in [5.74, 6) is -7.07. The van der Waals surface area contributed by atoms with Crippen molar-refractivity contribution in [3.05, 3.63) is 108 Å². The predicted molar refractivity (Wildman–Crippen MR) is 363 cm³/mol. The zero-order valence-corrected chi connectivity index (χ0v) is 58.3. The lowest BCUT2D eigenvalue weighted by Gasteiger charge is -2.41. The SMILES string of the molecule is CC[C@H](C)C([C@@H](CC(=O)N1CCC[C@H]1[C@H](OC)[C@@H](C)C(=O)N[C@H](C)[C@@H](O)c1ccccc1)OC)N(C)C(=O)[C@@H](CC(=O)[C@H](C(C)C)N(C)C(=O)OCc1ccc(NC(=O)[C@H](CCCNC(N)=O)CC(=O)C(NC(=O)Cc2ccc(N3C(=O)C=CC3=O)cc2)C(C)C)cc1)C(C)C. The van der Waals surface area contributed by atoms with Crippen LogP contribution < -0.4 is 31.9 Å². The number of rotatable bonds is 37. The van der Waals surface area contributed by atoms with Gasteiger partial charge in [0.25, 0.3) is 11.8 Å². The second kappa shape index (κ2) is 37.2. The van der Waals surface area contributed by atoms with Gasteiger partial charge < -0.3 is 61.0 Å². The van der Waals surface area contributed by atoms with E-state index in [0.717, 1.165) is 4.90 Å². The summed E-state index contributed by atoms with van der Waals surface area (Å²) in [6.07, 6.45) is 1.00. The fourth-order valence-corrected chi connectivity index (χ4v) is 12.9. The molecule has 3 aromatic carbocycles. The predicted octanol–water partition coefficient (Wildman–Crippen LogP) is 7.44. The molecule has 7 N–H and O–H groups in total. The van der Waals surface area contributed by atoms with E-state index in [4.69, 9.17) is 19.9 Å². The fourth-order valence-electron chi connectivity index (χ4n) is 12.9. The second-order valence-electron chi connectivity index (χ2n) is 26.6. The van der Waals surface area contributed by atoms with Gasteiger partial charge in [-0.2, -0.15) is 0 Å². The Hall–Kier alpha value is -8.35. The zero-order chi connectivity index (χ0) is 71.2. The van der Waals surface area contributed by atoms with Crippen molar-refractivity contribution >= 4 is 76.4 Å². The van der Waals surface area contributed by atoms with Crippen molar-refractivity contribution in [2.45, 2.75) is 182 Å². The highest BCUT2D eigenvalue weighted by Gasteiger charge is 2.44. The van der Waals surface area contributed by atoms with Gasteiger partial charge in [-0.15, -0.1) is 0 Å². The van der Waals surface area contributed by atoms with Crippen LogP contribution in [0.3, 0.4) is 0 Å². The molecule has 3 aromatic rings. The number of benzene rings is 3. The van der Waals surface area contributed by atoms with E-state index in [2.05, 4.69) is 21.3 Å². The van der Waals surface area contributed by atoms with Crippen LogP contribution in [0.4, 0.5) is 21.0 Å². The minimum Gasteiger partial charge on any atom is -0.445 e. The van der Waals surface area contributed by atoms with Crippen LogP contribution >= 0.6 is 0 Å². The number of hydrogen-bond donors (Lipinski definition) is 6. The van der Waals surface area contributed by atoms with Crippen LogP contribution in [0.25, 0.3) is 0 Å². The van der Waals surface area contributed by atoms with E-state index in [9.17, 15) is 57.8 Å². The molecule has 2 aliphatic heterocycles.